The van der Waals surface area contributed by atoms with Crippen molar-refractivity contribution in [3.63, 3.8) is 0 Å². The molecular formula is C16H19FN2O. The summed E-state index contributed by atoms with van der Waals surface area (Å²) in [6, 6.07) is 13.9. The summed E-state index contributed by atoms with van der Waals surface area (Å²) < 4.78 is 18.3. The Labute approximate surface area is 118 Å². The fourth-order valence-electron chi connectivity index (χ4n) is 1.93. The number of likely N-dealkylation sites (N-methyl/N-ethyl adjacent to an activating group) is 1. The highest BCUT2D eigenvalue weighted by Crippen LogP contribution is 2.11. The minimum absolute atomic E-state index is 0.254. The molecule has 0 aliphatic carbocycles. The van der Waals surface area contributed by atoms with Crippen molar-refractivity contribution in [2.75, 3.05) is 25.9 Å². The molecule has 0 unspecified atom stereocenters. The first-order chi connectivity index (χ1) is 9.63. The van der Waals surface area contributed by atoms with Gasteiger partial charge >= 0.3 is 0 Å². The highest BCUT2D eigenvalue weighted by molar-refractivity contribution is 5.40. The molecule has 20 heavy (non-hydrogen) atoms. The number of nitrogen functional groups attached to an aromatic ring is 1. The van der Waals surface area contributed by atoms with Gasteiger partial charge in [-0.3, -0.25) is 4.90 Å². The molecule has 0 radical (unpaired) electrons. The van der Waals surface area contributed by atoms with Crippen LogP contribution in [0.4, 0.5) is 10.1 Å². The summed E-state index contributed by atoms with van der Waals surface area (Å²) in [6.45, 7) is 2.16. The molecule has 0 aromatic heterocycles. The molecule has 2 rings (SSSR count). The van der Waals surface area contributed by atoms with E-state index in [1.807, 2.05) is 31.3 Å². The van der Waals surface area contributed by atoms with Crippen LogP contribution in [0.1, 0.15) is 5.56 Å². The molecule has 4 heteroatoms. The van der Waals surface area contributed by atoms with Gasteiger partial charge in [-0.1, -0.05) is 12.1 Å². The zero-order valence-corrected chi connectivity index (χ0v) is 11.6. The van der Waals surface area contributed by atoms with Gasteiger partial charge in [-0.2, -0.15) is 0 Å². The summed E-state index contributed by atoms with van der Waals surface area (Å²) in [6.07, 6.45) is 0. The molecule has 0 atom stereocenters. The number of ether oxygens (including phenoxy) is 1. The highest BCUT2D eigenvalue weighted by atomic mass is 19.1. The summed E-state index contributed by atoms with van der Waals surface area (Å²) in [5.41, 5.74) is 7.70. The summed E-state index contributed by atoms with van der Waals surface area (Å²) >= 11 is 0. The molecule has 0 heterocycles. The Morgan fingerprint density at radius 2 is 1.90 bits per heavy atom. The lowest BCUT2D eigenvalue weighted by molar-refractivity contribution is 0.232. The van der Waals surface area contributed by atoms with Crippen LogP contribution in [0.3, 0.4) is 0 Å². The van der Waals surface area contributed by atoms with E-state index in [2.05, 4.69) is 4.90 Å². The lowest BCUT2D eigenvalue weighted by Crippen LogP contribution is -2.23. The van der Waals surface area contributed by atoms with Crippen molar-refractivity contribution >= 4 is 5.69 Å². The first-order valence-electron chi connectivity index (χ1n) is 6.55. The van der Waals surface area contributed by atoms with E-state index >= 15 is 0 Å². The molecule has 2 aromatic rings. The van der Waals surface area contributed by atoms with Crippen molar-refractivity contribution in [1.29, 1.82) is 0 Å². The van der Waals surface area contributed by atoms with Crippen molar-refractivity contribution in [3.05, 3.63) is 59.9 Å². The van der Waals surface area contributed by atoms with Gasteiger partial charge in [0.2, 0.25) is 0 Å². The van der Waals surface area contributed by atoms with Gasteiger partial charge in [-0.15, -0.1) is 0 Å². The zero-order chi connectivity index (χ0) is 14.4. The number of hydrogen-bond donors (Lipinski definition) is 1. The van der Waals surface area contributed by atoms with Gasteiger partial charge in [0.1, 0.15) is 18.2 Å². The predicted molar refractivity (Wildman–Crippen MR) is 79.1 cm³/mol. The lowest BCUT2D eigenvalue weighted by Gasteiger charge is -2.17. The normalized spacial score (nSPS) is 10.8. The van der Waals surface area contributed by atoms with Crippen LogP contribution in [0, 0.1) is 5.82 Å². The van der Waals surface area contributed by atoms with E-state index in [9.17, 15) is 4.39 Å². The lowest BCUT2D eigenvalue weighted by atomic mass is 10.2. The molecule has 106 valence electrons. The van der Waals surface area contributed by atoms with Crippen LogP contribution < -0.4 is 10.5 Å². The van der Waals surface area contributed by atoms with Crippen LogP contribution in [0.2, 0.25) is 0 Å². The average Bonchev–Trinajstić information content (AvgIpc) is 2.41. The summed E-state index contributed by atoms with van der Waals surface area (Å²) in [7, 11) is 2.03. The largest absolute Gasteiger partial charge is 0.492 e. The third-order valence-electron chi connectivity index (χ3n) is 2.96. The number of rotatable bonds is 6. The Kier molecular flexibility index (Phi) is 4.96. The van der Waals surface area contributed by atoms with Crippen LogP contribution in [0.5, 0.6) is 5.75 Å². The van der Waals surface area contributed by atoms with Crippen molar-refractivity contribution in [3.8, 4) is 5.75 Å². The Morgan fingerprint density at radius 1 is 1.15 bits per heavy atom. The maximum atomic E-state index is 12.7. The summed E-state index contributed by atoms with van der Waals surface area (Å²) in [4.78, 5) is 2.15. The van der Waals surface area contributed by atoms with E-state index in [1.54, 1.807) is 12.1 Å². The Bertz CT molecular complexity index is 542. The van der Waals surface area contributed by atoms with E-state index in [-0.39, 0.29) is 5.82 Å². The number of hydrogen-bond acceptors (Lipinski definition) is 3. The van der Waals surface area contributed by atoms with E-state index < -0.39 is 0 Å². The maximum Gasteiger partial charge on any atom is 0.123 e. The fourth-order valence-corrected chi connectivity index (χ4v) is 1.93. The second-order valence-corrected chi connectivity index (χ2v) is 4.79. The summed E-state index contributed by atoms with van der Waals surface area (Å²) in [5, 5.41) is 0. The second kappa shape index (κ2) is 6.91. The van der Waals surface area contributed by atoms with Crippen molar-refractivity contribution in [2.45, 2.75) is 6.54 Å². The molecule has 2 N–H and O–H groups in total. The van der Waals surface area contributed by atoms with E-state index in [1.165, 1.54) is 17.7 Å². The standard InChI is InChI=1S/C16H19FN2O/c1-19(12-13-3-2-4-15(18)11-13)9-10-20-16-7-5-14(17)6-8-16/h2-8,11H,9-10,12,18H2,1H3. The van der Waals surface area contributed by atoms with Crippen LogP contribution in [0.25, 0.3) is 0 Å². The van der Waals surface area contributed by atoms with Gasteiger partial charge in [0.05, 0.1) is 0 Å². The number of benzene rings is 2. The number of nitrogens with two attached hydrogens (primary N) is 1. The smallest absolute Gasteiger partial charge is 0.123 e. The fraction of sp³-hybridized carbons (Fsp3) is 0.250. The van der Waals surface area contributed by atoms with Gasteiger partial charge in [0, 0.05) is 18.8 Å². The van der Waals surface area contributed by atoms with Gasteiger partial charge in [0.15, 0.2) is 0 Å². The van der Waals surface area contributed by atoms with Crippen molar-refractivity contribution in [2.24, 2.45) is 0 Å². The zero-order valence-electron chi connectivity index (χ0n) is 11.6. The maximum absolute atomic E-state index is 12.7. The van der Waals surface area contributed by atoms with Crippen LogP contribution >= 0.6 is 0 Å². The Hall–Kier alpha value is -2.07. The van der Waals surface area contributed by atoms with E-state index in [4.69, 9.17) is 10.5 Å². The number of nitrogens with zero attached hydrogens (tertiary/aromatic N) is 1. The van der Waals surface area contributed by atoms with Gasteiger partial charge < -0.3 is 10.5 Å². The van der Waals surface area contributed by atoms with Crippen molar-refractivity contribution < 1.29 is 9.13 Å². The molecule has 2 aromatic carbocycles. The van der Waals surface area contributed by atoms with Gasteiger partial charge in [-0.25, -0.2) is 4.39 Å². The van der Waals surface area contributed by atoms with Crippen LogP contribution in [-0.2, 0) is 6.54 Å². The topological polar surface area (TPSA) is 38.5 Å². The molecule has 0 amide bonds. The molecular weight excluding hydrogens is 255 g/mol. The van der Waals surface area contributed by atoms with Gasteiger partial charge in [0.25, 0.3) is 0 Å². The Balaban J connectivity index is 1.75. The third kappa shape index (κ3) is 4.55. The third-order valence-corrected chi connectivity index (χ3v) is 2.96. The second-order valence-electron chi connectivity index (χ2n) is 4.79. The predicted octanol–water partition coefficient (Wildman–Crippen LogP) is 2.92. The minimum Gasteiger partial charge on any atom is -0.492 e. The van der Waals surface area contributed by atoms with Crippen LogP contribution in [0.15, 0.2) is 48.5 Å². The number of anilines is 1. The minimum atomic E-state index is -0.254. The molecule has 3 nitrogen and oxygen atoms in total. The molecule has 0 aliphatic heterocycles. The Morgan fingerprint density at radius 3 is 2.60 bits per heavy atom. The van der Waals surface area contributed by atoms with E-state index in [0.717, 1.165) is 18.8 Å². The first-order valence-corrected chi connectivity index (χ1v) is 6.55. The molecule has 0 spiro atoms. The molecule has 0 fully saturated rings. The molecule has 0 saturated heterocycles. The SMILES string of the molecule is CN(CCOc1ccc(F)cc1)Cc1cccc(N)c1. The van der Waals surface area contributed by atoms with Gasteiger partial charge in [-0.05, 0) is 49.0 Å². The van der Waals surface area contributed by atoms with Crippen molar-refractivity contribution in [1.82, 2.24) is 4.90 Å². The first kappa shape index (κ1) is 14.3. The highest BCUT2D eigenvalue weighted by Gasteiger charge is 2.01. The average molecular weight is 274 g/mol. The van der Waals surface area contributed by atoms with Crippen LogP contribution in [-0.4, -0.2) is 25.1 Å². The molecule has 0 bridgehead atoms. The van der Waals surface area contributed by atoms with E-state index in [0.29, 0.717) is 12.4 Å². The molecule has 0 aliphatic rings. The summed E-state index contributed by atoms with van der Waals surface area (Å²) in [5.74, 6) is 0.430. The monoisotopic (exact) mass is 274 g/mol. The number of halogens is 1. The molecule has 0 saturated carbocycles. The quantitative estimate of drug-likeness (QED) is 0.823.